The molecule has 1 aliphatic rings. The summed E-state index contributed by atoms with van der Waals surface area (Å²) in [5, 5.41) is 14.6. The first kappa shape index (κ1) is 19.4. The molecule has 3 rings (SSSR count). The van der Waals surface area contributed by atoms with Gasteiger partial charge in [0, 0.05) is 12.1 Å². The summed E-state index contributed by atoms with van der Waals surface area (Å²) < 4.78 is 1.92. The van der Waals surface area contributed by atoms with Crippen LogP contribution < -0.4 is 10.6 Å². The van der Waals surface area contributed by atoms with Gasteiger partial charge >= 0.3 is 0 Å². The number of hydrogen-bond acceptors (Lipinski definition) is 5. The highest BCUT2D eigenvalue weighted by Gasteiger charge is 2.20. The van der Waals surface area contributed by atoms with Crippen molar-refractivity contribution in [3.05, 3.63) is 36.2 Å². The second-order valence-corrected chi connectivity index (χ2v) is 7.89. The van der Waals surface area contributed by atoms with Gasteiger partial charge in [-0.2, -0.15) is 0 Å². The number of hydrogen-bond donors (Lipinski definition) is 2. The molecular formula is C19H25N5O2S. The molecule has 0 radical (unpaired) electrons. The Morgan fingerprint density at radius 1 is 1.26 bits per heavy atom. The molecule has 2 N–H and O–H groups in total. The van der Waals surface area contributed by atoms with Gasteiger partial charge in [0.25, 0.3) is 5.91 Å². The summed E-state index contributed by atoms with van der Waals surface area (Å²) in [6.45, 7) is 4.07. The Morgan fingerprint density at radius 3 is 2.74 bits per heavy atom. The molecule has 1 saturated carbocycles. The van der Waals surface area contributed by atoms with Crippen LogP contribution in [0.15, 0.2) is 35.7 Å². The average molecular weight is 388 g/mol. The van der Waals surface area contributed by atoms with E-state index in [9.17, 15) is 9.59 Å². The van der Waals surface area contributed by atoms with Gasteiger partial charge in [0.2, 0.25) is 5.91 Å². The number of carbonyl (C=O) groups is 2. The number of rotatable bonds is 7. The van der Waals surface area contributed by atoms with Gasteiger partial charge in [-0.05, 0) is 38.8 Å². The number of nitrogens with zero attached hydrogens (tertiary/aromatic N) is 3. The van der Waals surface area contributed by atoms with E-state index in [1.807, 2.05) is 24.5 Å². The first-order valence-corrected chi connectivity index (χ1v) is 10.2. The van der Waals surface area contributed by atoms with Gasteiger partial charge in [0.15, 0.2) is 5.16 Å². The molecular weight excluding hydrogens is 362 g/mol. The number of para-hydroxylation sites is 1. The number of nitrogens with one attached hydrogen (secondary N) is 2. The summed E-state index contributed by atoms with van der Waals surface area (Å²) in [6, 6.07) is 7.57. The van der Waals surface area contributed by atoms with E-state index in [2.05, 4.69) is 20.8 Å². The van der Waals surface area contributed by atoms with Crippen molar-refractivity contribution in [3.63, 3.8) is 0 Å². The quantitative estimate of drug-likeness (QED) is 0.712. The minimum absolute atomic E-state index is 0.134. The molecule has 1 heterocycles. The summed E-state index contributed by atoms with van der Waals surface area (Å²) in [6.07, 6.45) is 6.01. The zero-order chi connectivity index (χ0) is 19.2. The molecule has 0 bridgehead atoms. The summed E-state index contributed by atoms with van der Waals surface area (Å²) in [5.74, 6) is -0.117. The third-order valence-corrected chi connectivity index (χ3v) is 5.52. The molecule has 0 saturated heterocycles. The Hall–Kier alpha value is -2.35. The highest BCUT2D eigenvalue weighted by atomic mass is 32.2. The SMILES string of the molecule is CC(C)n1cnnc1SCC(=O)Nc1ccccc1C(=O)NC1CCCC1. The van der Waals surface area contributed by atoms with Gasteiger partial charge < -0.3 is 15.2 Å². The van der Waals surface area contributed by atoms with Crippen molar-refractivity contribution >= 4 is 29.3 Å². The lowest BCUT2D eigenvalue weighted by molar-refractivity contribution is -0.113. The normalized spacial score (nSPS) is 14.5. The van der Waals surface area contributed by atoms with Crippen molar-refractivity contribution < 1.29 is 9.59 Å². The van der Waals surface area contributed by atoms with E-state index in [0.29, 0.717) is 16.4 Å². The fourth-order valence-electron chi connectivity index (χ4n) is 3.13. The smallest absolute Gasteiger partial charge is 0.253 e. The van der Waals surface area contributed by atoms with Gasteiger partial charge in [-0.1, -0.05) is 36.7 Å². The van der Waals surface area contributed by atoms with E-state index in [4.69, 9.17) is 0 Å². The molecule has 0 spiro atoms. The van der Waals surface area contributed by atoms with Crippen LogP contribution in [0.1, 0.15) is 55.9 Å². The average Bonchev–Trinajstić information content (AvgIpc) is 3.32. The zero-order valence-electron chi connectivity index (χ0n) is 15.6. The summed E-state index contributed by atoms with van der Waals surface area (Å²) >= 11 is 1.33. The fraction of sp³-hybridized carbons (Fsp3) is 0.474. The first-order chi connectivity index (χ1) is 13.0. The largest absolute Gasteiger partial charge is 0.349 e. The standard InChI is InChI=1S/C19H25N5O2S/c1-13(2)24-12-20-23-19(24)27-11-17(25)22-16-10-6-5-9-15(16)18(26)21-14-7-3-4-8-14/h5-6,9-10,12-14H,3-4,7-8,11H2,1-2H3,(H,21,26)(H,22,25). The Labute approximate surface area is 163 Å². The molecule has 2 amide bonds. The highest BCUT2D eigenvalue weighted by Crippen LogP contribution is 2.22. The fourth-order valence-corrected chi connectivity index (χ4v) is 3.97. The lowest BCUT2D eigenvalue weighted by Crippen LogP contribution is -2.33. The molecule has 1 aromatic heterocycles. The van der Waals surface area contributed by atoms with E-state index in [1.165, 1.54) is 11.8 Å². The lowest BCUT2D eigenvalue weighted by atomic mass is 10.1. The number of carbonyl (C=O) groups excluding carboxylic acids is 2. The maximum Gasteiger partial charge on any atom is 0.253 e. The molecule has 1 fully saturated rings. The van der Waals surface area contributed by atoms with E-state index < -0.39 is 0 Å². The van der Waals surface area contributed by atoms with E-state index in [-0.39, 0.29) is 29.7 Å². The number of amides is 2. The maximum absolute atomic E-state index is 12.6. The summed E-state index contributed by atoms with van der Waals surface area (Å²) in [4.78, 5) is 25.0. The highest BCUT2D eigenvalue weighted by molar-refractivity contribution is 7.99. The van der Waals surface area contributed by atoms with Gasteiger partial charge in [-0.15, -0.1) is 10.2 Å². The minimum Gasteiger partial charge on any atom is -0.349 e. The molecule has 7 nitrogen and oxygen atoms in total. The number of anilines is 1. The maximum atomic E-state index is 12.6. The molecule has 0 aliphatic heterocycles. The molecule has 8 heteroatoms. The van der Waals surface area contributed by atoms with Crippen molar-refractivity contribution in [1.82, 2.24) is 20.1 Å². The topological polar surface area (TPSA) is 88.9 Å². The second-order valence-electron chi connectivity index (χ2n) is 6.95. The van der Waals surface area contributed by atoms with Gasteiger partial charge in [0.1, 0.15) is 6.33 Å². The zero-order valence-corrected chi connectivity index (χ0v) is 16.5. The van der Waals surface area contributed by atoms with Crippen molar-refractivity contribution in [2.24, 2.45) is 0 Å². The monoisotopic (exact) mass is 387 g/mol. The number of thioether (sulfide) groups is 1. The second kappa shape index (κ2) is 9.03. The molecule has 1 aromatic carbocycles. The van der Waals surface area contributed by atoms with Crippen molar-refractivity contribution in [1.29, 1.82) is 0 Å². The number of aromatic nitrogens is 3. The van der Waals surface area contributed by atoms with Crippen LogP contribution in [0.2, 0.25) is 0 Å². The van der Waals surface area contributed by atoms with Gasteiger partial charge in [0.05, 0.1) is 17.0 Å². The van der Waals surface area contributed by atoms with Crippen LogP contribution in [0.3, 0.4) is 0 Å². The van der Waals surface area contributed by atoms with Crippen LogP contribution in [-0.2, 0) is 4.79 Å². The first-order valence-electron chi connectivity index (χ1n) is 9.26. The van der Waals surface area contributed by atoms with E-state index in [1.54, 1.807) is 24.5 Å². The molecule has 144 valence electrons. The molecule has 0 unspecified atom stereocenters. The molecule has 27 heavy (non-hydrogen) atoms. The minimum atomic E-state index is -0.181. The Kier molecular flexibility index (Phi) is 6.49. The Bertz CT molecular complexity index is 799. The van der Waals surface area contributed by atoms with E-state index in [0.717, 1.165) is 25.7 Å². The molecule has 2 aromatic rings. The van der Waals surface area contributed by atoms with Crippen LogP contribution in [-0.4, -0.2) is 38.4 Å². The van der Waals surface area contributed by atoms with Crippen LogP contribution >= 0.6 is 11.8 Å². The summed E-state index contributed by atoms with van der Waals surface area (Å²) in [7, 11) is 0. The third kappa shape index (κ3) is 5.09. The molecule has 0 atom stereocenters. The summed E-state index contributed by atoms with van der Waals surface area (Å²) in [5.41, 5.74) is 1.03. The molecule has 1 aliphatic carbocycles. The third-order valence-electron chi connectivity index (χ3n) is 4.57. The van der Waals surface area contributed by atoms with Crippen LogP contribution in [0, 0.1) is 0 Å². The van der Waals surface area contributed by atoms with Crippen LogP contribution in [0.5, 0.6) is 0 Å². The van der Waals surface area contributed by atoms with Gasteiger partial charge in [-0.3, -0.25) is 9.59 Å². The Morgan fingerprint density at radius 2 is 2.00 bits per heavy atom. The van der Waals surface area contributed by atoms with Crippen molar-refractivity contribution in [2.75, 3.05) is 11.1 Å². The predicted molar refractivity (Wildman–Crippen MR) is 106 cm³/mol. The lowest BCUT2D eigenvalue weighted by Gasteiger charge is -2.15. The van der Waals surface area contributed by atoms with Crippen LogP contribution in [0.4, 0.5) is 5.69 Å². The van der Waals surface area contributed by atoms with Crippen LogP contribution in [0.25, 0.3) is 0 Å². The van der Waals surface area contributed by atoms with E-state index >= 15 is 0 Å². The number of benzene rings is 1. The van der Waals surface area contributed by atoms with Gasteiger partial charge in [-0.25, -0.2) is 0 Å². The van der Waals surface area contributed by atoms with Crippen molar-refractivity contribution in [2.45, 2.75) is 56.8 Å². The van der Waals surface area contributed by atoms with Crippen molar-refractivity contribution in [3.8, 4) is 0 Å². The Balaban J connectivity index is 1.60. The predicted octanol–water partition coefficient (Wildman–Crippen LogP) is 3.26.